The summed E-state index contributed by atoms with van der Waals surface area (Å²) in [4.78, 5) is 42.8. The Balaban J connectivity index is 1.54. The fourth-order valence-electron chi connectivity index (χ4n) is 5.32. The topological polar surface area (TPSA) is 127 Å². The van der Waals surface area contributed by atoms with Gasteiger partial charge in [0.2, 0.25) is 5.75 Å². The molecule has 2 heterocycles. The molecule has 220 valence electrons. The van der Waals surface area contributed by atoms with Crippen molar-refractivity contribution < 1.29 is 38.4 Å². The highest BCUT2D eigenvalue weighted by atomic mass is 16.5. The number of nitrogens with zero attached hydrogens (tertiary/aromatic N) is 2. The summed E-state index contributed by atoms with van der Waals surface area (Å²) in [7, 11) is 4.14. The molecule has 0 bridgehead atoms. The molecule has 2 aliphatic rings. The Morgan fingerprint density at radius 1 is 0.950 bits per heavy atom. The van der Waals surface area contributed by atoms with Gasteiger partial charge in [-0.1, -0.05) is 6.92 Å². The minimum atomic E-state index is -0.532. The number of allylic oxidation sites excluding steroid dienone is 2. The Morgan fingerprint density at radius 3 is 2.20 bits per heavy atom. The second-order valence-electron chi connectivity index (χ2n) is 9.86. The third-order valence-electron chi connectivity index (χ3n) is 7.37. The second kappa shape index (κ2) is 14.1. The number of methoxy groups -OCH3 is 3. The largest absolute Gasteiger partial charge is 0.502 e. The monoisotopic (exact) mass is 559 g/mol. The maximum absolute atomic E-state index is 13.7. The first-order chi connectivity index (χ1) is 19.2. The lowest BCUT2D eigenvalue weighted by Gasteiger charge is -2.32. The molecule has 1 aromatic rings. The summed E-state index contributed by atoms with van der Waals surface area (Å²) >= 11 is 0. The number of carbonyl (C=O) groups excluding carboxylic acids is 3. The van der Waals surface area contributed by atoms with Crippen molar-refractivity contribution in [2.45, 2.75) is 40.0 Å². The van der Waals surface area contributed by atoms with Crippen LogP contribution in [0.25, 0.3) is 0 Å². The summed E-state index contributed by atoms with van der Waals surface area (Å²) in [6, 6.07) is 2.82. The van der Waals surface area contributed by atoms with Crippen LogP contribution in [0.5, 0.6) is 17.2 Å². The highest BCUT2D eigenvalue weighted by Gasteiger charge is 2.36. The summed E-state index contributed by atoms with van der Waals surface area (Å²) in [6.07, 6.45) is 2.06. The highest BCUT2D eigenvalue weighted by Crippen LogP contribution is 2.37. The van der Waals surface area contributed by atoms with Crippen LogP contribution < -0.4 is 14.8 Å². The van der Waals surface area contributed by atoms with E-state index in [-0.39, 0.29) is 41.2 Å². The van der Waals surface area contributed by atoms with Gasteiger partial charge in [-0.15, -0.1) is 0 Å². The van der Waals surface area contributed by atoms with Gasteiger partial charge in [0.05, 0.1) is 39.1 Å². The summed E-state index contributed by atoms with van der Waals surface area (Å²) in [5, 5.41) is 13.2. The lowest BCUT2D eigenvalue weighted by atomic mass is 9.83. The van der Waals surface area contributed by atoms with Crippen LogP contribution in [0, 0.1) is 5.92 Å². The van der Waals surface area contributed by atoms with Gasteiger partial charge in [0, 0.05) is 49.1 Å². The molecule has 1 unspecified atom stereocenters. The van der Waals surface area contributed by atoms with Crippen molar-refractivity contribution in [2.75, 3.05) is 60.7 Å². The second-order valence-corrected chi connectivity index (χ2v) is 9.86. The van der Waals surface area contributed by atoms with Crippen LogP contribution in [0.4, 0.5) is 0 Å². The number of dihydropyridines is 1. The number of nitrogens with one attached hydrogen (secondary N) is 1. The van der Waals surface area contributed by atoms with Gasteiger partial charge in [-0.2, -0.15) is 0 Å². The van der Waals surface area contributed by atoms with Crippen LogP contribution >= 0.6 is 0 Å². The van der Waals surface area contributed by atoms with Gasteiger partial charge in [-0.3, -0.25) is 4.79 Å². The predicted molar refractivity (Wildman–Crippen MR) is 148 cm³/mol. The molecule has 11 heteroatoms. The van der Waals surface area contributed by atoms with E-state index < -0.39 is 11.9 Å². The normalized spacial score (nSPS) is 18.1. The summed E-state index contributed by atoms with van der Waals surface area (Å²) in [5.74, 6) is -1.24. The van der Waals surface area contributed by atoms with Gasteiger partial charge < -0.3 is 39.2 Å². The summed E-state index contributed by atoms with van der Waals surface area (Å²) in [5.41, 5.74) is 2.85. The number of benzene rings is 1. The number of aromatic hydroxyl groups is 1. The minimum Gasteiger partial charge on any atom is -0.502 e. The molecule has 0 aromatic heterocycles. The molecule has 0 spiro atoms. The fraction of sp³-hybridized carbons (Fsp3) is 0.552. The molecular formula is C29H41N3O8. The van der Waals surface area contributed by atoms with Crippen LogP contribution in [0.1, 0.15) is 50.4 Å². The summed E-state index contributed by atoms with van der Waals surface area (Å²) in [6.45, 7) is 9.33. The number of phenols is 1. The number of phenolic OH excluding ortho intramolecular Hbond substituents is 1. The van der Waals surface area contributed by atoms with Gasteiger partial charge in [0.1, 0.15) is 0 Å². The third-order valence-corrected chi connectivity index (χ3v) is 7.37. The smallest absolute Gasteiger partial charge is 0.338 e. The van der Waals surface area contributed by atoms with E-state index in [1.54, 1.807) is 0 Å². The number of amides is 1. The molecule has 1 saturated heterocycles. The summed E-state index contributed by atoms with van der Waals surface area (Å²) < 4.78 is 20.6. The van der Waals surface area contributed by atoms with Crippen LogP contribution in [0.15, 0.2) is 34.7 Å². The molecule has 3 rings (SSSR count). The maximum atomic E-state index is 13.7. The molecule has 1 aromatic carbocycles. The van der Waals surface area contributed by atoms with E-state index in [1.165, 1.54) is 33.5 Å². The molecule has 0 saturated carbocycles. The zero-order valence-corrected chi connectivity index (χ0v) is 24.3. The molecule has 40 heavy (non-hydrogen) atoms. The van der Waals surface area contributed by atoms with Crippen LogP contribution in [-0.4, -0.2) is 93.4 Å². The van der Waals surface area contributed by atoms with E-state index in [0.717, 1.165) is 24.4 Å². The molecule has 0 radical (unpaired) electrons. The SMILES string of the molecule is CCC1C(C(=O)OC)=C(C)NC(C)=C1C(=O)N1CCCN(CCCOC(=O)c2cc(OC)c(O)c(OC)c2)CC1. The first-order valence-corrected chi connectivity index (χ1v) is 13.6. The molecule has 2 aliphatic heterocycles. The van der Waals surface area contributed by atoms with Crippen molar-refractivity contribution >= 4 is 17.8 Å². The van der Waals surface area contributed by atoms with Crippen LogP contribution in [0.2, 0.25) is 0 Å². The van der Waals surface area contributed by atoms with Gasteiger partial charge in [-0.25, -0.2) is 9.59 Å². The third kappa shape index (κ3) is 6.88. The molecule has 1 fully saturated rings. The molecule has 1 amide bonds. The van der Waals surface area contributed by atoms with Gasteiger partial charge in [-0.05, 0) is 51.8 Å². The van der Waals surface area contributed by atoms with E-state index in [2.05, 4.69) is 10.2 Å². The number of esters is 2. The fourth-order valence-corrected chi connectivity index (χ4v) is 5.32. The van der Waals surface area contributed by atoms with Crippen molar-refractivity contribution in [3.8, 4) is 17.2 Å². The number of hydrogen-bond acceptors (Lipinski definition) is 10. The zero-order valence-electron chi connectivity index (χ0n) is 24.3. The molecule has 11 nitrogen and oxygen atoms in total. The Labute approximate surface area is 235 Å². The Hall–Kier alpha value is -3.73. The number of ether oxygens (including phenoxy) is 4. The minimum absolute atomic E-state index is 0.0544. The lowest BCUT2D eigenvalue weighted by molar-refractivity contribution is -0.136. The van der Waals surface area contributed by atoms with E-state index in [9.17, 15) is 19.5 Å². The zero-order chi connectivity index (χ0) is 29.4. The Kier molecular flexibility index (Phi) is 10.8. The quantitative estimate of drug-likeness (QED) is 0.326. The van der Waals surface area contributed by atoms with Crippen LogP contribution in [0.3, 0.4) is 0 Å². The van der Waals surface area contributed by atoms with Crippen LogP contribution in [-0.2, 0) is 19.1 Å². The Morgan fingerprint density at radius 2 is 1.60 bits per heavy atom. The van der Waals surface area contributed by atoms with E-state index in [4.69, 9.17) is 18.9 Å². The molecule has 2 N–H and O–H groups in total. The first kappa shape index (κ1) is 30.8. The number of carbonyl (C=O) groups is 3. The van der Waals surface area contributed by atoms with Crippen molar-refractivity contribution in [3.63, 3.8) is 0 Å². The molecule has 1 atom stereocenters. The van der Waals surface area contributed by atoms with Crippen molar-refractivity contribution in [1.82, 2.24) is 15.1 Å². The van der Waals surface area contributed by atoms with Gasteiger partial charge in [0.25, 0.3) is 5.91 Å². The number of hydrogen-bond donors (Lipinski definition) is 2. The molecule has 0 aliphatic carbocycles. The number of rotatable bonds is 10. The predicted octanol–water partition coefficient (Wildman–Crippen LogP) is 2.84. The Bertz CT molecular complexity index is 1150. The highest BCUT2D eigenvalue weighted by molar-refractivity contribution is 6.00. The first-order valence-electron chi connectivity index (χ1n) is 13.6. The lowest BCUT2D eigenvalue weighted by Crippen LogP contribution is -2.41. The van der Waals surface area contributed by atoms with Crippen molar-refractivity contribution in [3.05, 3.63) is 40.2 Å². The van der Waals surface area contributed by atoms with Crippen molar-refractivity contribution in [1.29, 1.82) is 0 Å². The average molecular weight is 560 g/mol. The maximum Gasteiger partial charge on any atom is 0.338 e. The van der Waals surface area contributed by atoms with Gasteiger partial charge >= 0.3 is 11.9 Å². The van der Waals surface area contributed by atoms with Gasteiger partial charge in [0.15, 0.2) is 11.5 Å². The van der Waals surface area contributed by atoms with E-state index >= 15 is 0 Å². The van der Waals surface area contributed by atoms with E-state index in [1.807, 2.05) is 25.7 Å². The standard InChI is InChI=1S/C29H41N3O8/c1-7-21-24(18(2)30-19(3)25(21)29(36)39-6)27(34)32-12-8-10-31(13-14-32)11-9-15-40-28(35)20-16-22(37-4)26(33)23(17-20)38-5/h16-17,21,30,33H,7-15H2,1-6H3. The average Bonchev–Trinajstić information content (AvgIpc) is 3.19. The van der Waals surface area contributed by atoms with Crippen molar-refractivity contribution in [2.24, 2.45) is 5.92 Å². The molecular weight excluding hydrogens is 518 g/mol. The van der Waals surface area contributed by atoms with E-state index in [0.29, 0.717) is 50.2 Å².